The first-order chi connectivity index (χ1) is 12.3. The SMILES string of the molecule is Cc1cccc(O[C@@H](C)C(=O)O[C@H](C)C(=O)Nc2sccc2C(N)=O)c1. The van der Waals surface area contributed by atoms with Gasteiger partial charge in [0, 0.05) is 0 Å². The van der Waals surface area contributed by atoms with Crippen LogP contribution in [0.1, 0.15) is 29.8 Å². The summed E-state index contributed by atoms with van der Waals surface area (Å²) in [5, 5.41) is 4.48. The van der Waals surface area contributed by atoms with Crippen LogP contribution in [0, 0.1) is 6.92 Å². The molecule has 0 spiro atoms. The first-order valence-corrected chi connectivity index (χ1v) is 8.78. The van der Waals surface area contributed by atoms with Gasteiger partial charge in [-0.25, -0.2) is 4.79 Å². The van der Waals surface area contributed by atoms with Gasteiger partial charge in [0.15, 0.2) is 12.2 Å². The minimum atomic E-state index is -1.06. The number of anilines is 1. The van der Waals surface area contributed by atoms with Crippen molar-refractivity contribution in [2.75, 3.05) is 5.32 Å². The Morgan fingerprint density at radius 3 is 2.54 bits per heavy atom. The number of primary amides is 1. The third kappa shape index (κ3) is 5.06. The molecule has 2 aromatic rings. The lowest BCUT2D eigenvalue weighted by molar-refractivity contribution is -0.159. The van der Waals surface area contributed by atoms with Gasteiger partial charge in [-0.15, -0.1) is 11.3 Å². The van der Waals surface area contributed by atoms with E-state index in [1.54, 1.807) is 24.4 Å². The average Bonchev–Trinajstić information content (AvgIpc) is 3.03. The molecular weight excluding hydrogens is 356 g/mol. The zero-order valence-corrected chi connectivity index (χ0v) is 15.5. The fourth-order valence-corrected chi connectivity index (χ4v) is 2.87. The number of ether oxygens (including phenoxy) is 2. The average molecular weight is 376 g/mol. The Labute approximate surface area is 155 Å². The molecule has 8 heteroatoms. The van der Waals surface area contributed by atoms with Crippen molar-refractivity contribution in [3.8, 4) is 5.75 Å². The highest BCUT2D eigenvalue weighted by atomic mass is 32.1. The minimum Gasteiger partial charge on any atom is -0.479 e. The van der Waals surface area contributed by atoms with E-state index in [1.807, 2.05) is 19.1 Å². The third-order valence-electron chi connectivity index (χ3n) is 3.46. The fraction of sp³-hybridized carbons (Fsp3) is 0.278. The van der Waals surface area contributed by atoms with E-state index in [2.05, 4.69) is 5.32 Å². The van der Waals surface area contributed by atoms with Gasteiger partial charge in [0.2, 0.25) is 0 Å². The number of nitrogens with two attached hydrogens (primary N) is 1. The van der Waals surface area contributed by atoms with E-state index in [-0.39, 0.29) is 5.56 Å². The molecule has 0 radical (unpaired) electrons. The molecule has 0 saturated carbocycles. The van der Waals surface area contributed by atoms with Crippen molar-refractivity contribution < 1.29 is 23.9 Å². The summed E-state index contributed by atoms with van der Waals surface area (Å²) in [6.07, 6.45) is -1.94. The zero-order valence-electron chi connectivity index (χ0n) is 14.6. The number of aryl methyl sites for hydroxylation is 1. The van der Waals surface area contributed by atoms with E-state index >= 15 is 0 Å². The van der Waals surface area contributed by atoms with Crippen LogP contribution in [-0.2, 0) is 14.3 Å². The van der Waals surface area contributed by atoms with Gasteiger partial charge in [-0.2, -0.15) is 0 Å². The van der Waals surface area contributed by atoms with Crippen LogP contribution in [-0.4, -0.2) is 30.0 Å². The molecule has 0 unspecified atom stereocenters. The monoisotopic (exact) mass is 376 g/mol. The van der Waals surface area contributed by atoms with Crippen LogP contribution in [0.3, 0.4) is 0 Å². The van der Waals surface area contributed by atoms with Gasteiger partial charge in [0.1, 0.15) is 10.8 Å². The van der Waals surface area contributed by atoms with Crippen LogP contribution in [0.4, 0.5) is 5.00 Å². The summed E-state index contributed by atoms with van der Waals surface area (Å²) in [7, 11) is 0. The van der Waals surface area contributed by atoms with Gasteiger partial charge in [0.25, 0.3) is 11.8 Å². The molecule has 0 bridgehead atoms. The number of rotatable bonds is 7. The molecule has 1 aromatic heterocycles. The lowest BCUT2D eigenvalue weighted by atomic mass is 10.2. The maximum atomic E-state index is 12.2. The highest BCUT2D eigenvalue weighted by Gasteiger charge is 2.24. The molecule has 0 aliphatic rings. The number of benzene rings is 1. The fourth-order valence-electron chi connectivity index (χ4n) is 2.08. The molecule has 2 rings (SSSR count). The predicted molar refractivity (Wildman–Crippen MR) is 98.3 cm³/mol. The number of carbonyl (C=O) groups is 3. The quantitative estimate of drug-likeness (QED) is 0.722. The second-order valence-corrected chi connectivity index (χ2v) is 6.59. The molecule has 138 valence electrons. The van der Waals surface area contributed by atoms with E-state index in [9.17, 15) is 14.4 Å². The molecule has 0 aliphatic heterocycles. The Morgan fingerprint density at radius 2 is 1.88 bits per heavy atom. The van der Waals surface area contributed by atoms with Crippen molar-refractivity contribution in [2.45, 2.75) is 33.0 Å². The van der Waals surface area contributed by atoms with Crippen LogP contribution in [0.5, 0.6) is 5.75 Å². The third-order valence-corrected chi connectivity index (χ3v) is 4.29. The first-order valence-electron chi connectivity index (χ1n) is 7.90. The Bertz CT molecular complexity index is 817. The molecule has 1 aromatic carbocycles. The van der Waals surface area contributed by atoms with Gasteiger partial charge in [-0.05, 0) is 49.9 Å². The summed E-state index contributed by atoms with van der Waals surface area (Å²) in [5.41, 5.74) is 6.43. The second-order valence-electron chi connectivity index (χ2n) is 5.67. The Hall–Kier alpha value is -2.87. The largest absolute Gasteiger partial charge is 0.479 e. The number of thiophene rings is 1. The Morgan fingerprint density at radius 1 is 1.15 bits per heavy atom. The topological polar surface area (TPSA) is 108 Å². The molecule has 0 saturated heterocycles. The Balaban J connectivity index is 1.92. The highest BCUT2D eigenvalue weighted by Crippen LogP contribution is 2.23. The molecule has 0 fully saturated rings. The summed E-state index contributed by atoms with van der Waals surface area (Å²) < 4.78 is 10.7. The summed E-state index contributed by atoms with van der Waals surface area (Å²) in [6, 6.07) is 8.76. The number of amides is 2. The highest BCUT2D eigenvalue weighted by molar-refractivity contribution is 7.14. The van der Waals surface area contributed by atoms with Gasteiger partial charge >= 0.3 is 5.97 Å². The normalized spacial score (nSPS) is 12.7. The zero-order chi connectivity index (χ0) is 19.3. The molecule has 2 atom stereocenters. The van der Waals surface area contributed by atoms with Crippen LogP contribution in [0.25, 0.3) is 0 Å². The van der Waals surface area contributed by atoms with Gasteiger partial charge < -0.3 is 20.5 Å². The van der Waals surface area contributed by atoms with E-state index in [1.165, 1.54) is 13.0 Å². The maximum Gasteiger partial charge on any atom is 0.347 e. The minimum absolute atomic E-state index is 0.207. The molecule has 3 N–H and O–H groups in total. The number of hydrogen-bond donors (Lipinski definition) is 2. The van der Waals surface area contributed by atoms with E-state index < -0.39 is 30.0 Å². The lowest BCUT2D eigenvalue weighted by Crippen LogP contribution is -2.35. The first kappa shape index (κ1) is 19.5. The second kappa shape index (κ2) is 8.48. The molecule has 7 nitrogen and oxygen atoms in total. The molecular formula is C18H20N2O5S. The van der Waals surface area contributed by atoms with E-state index in [0.717, 1.165) is 16.9 Å². The van der Waals surface area contributed by atoms with Crippen molar-refractivity contribution in [3.05, 3.63) is 46.8 Å². The maximum absolute atomic E-state index is 12.2. The van der Waals surface area contributed by atoms with E-state index in [0.29, 0.717) is 10.8 Å². The lowest BCUT2D eigenvalue weighted by Gasteiger charge is -2.18. The number of carbonyl (C=O) groups excluding carboxylic acids is 3. The van der Waals surface area contributed by atoms with Crippen LogP contribution in [0.15, 0.2) is 35.7 Å². The van der Waals surface area contributed by atoms with Crippen LogP contribution >= 0.6 is 11.3 Å². The predicted octanol–water partition coefficient (Wildman–Crippen LogP) is 2.49. The van der Waals surface area contributed by atoms with Gasteiger partial charge in [-0.1, -0.05) is 12.1 Å². The van der Waals surface area contributed by atoms with Gasteiger partial charge in [-0.3, -0.25) is 9.59 Å². The number of nitrogens with one attached hydrogen (secondary N) is 1. The molecule has 2 amide bonds. The van der Waals surface area contributed by atoms with Crippen LogP contribution in [0.2, 0.25) is 0 Å². The molecule has 26 heavy (non-hydrogen) atoms. The van der Waals surface area contributed by atoms with Crippen molar-refractivity contribution in [3.63, 3.8) is 0 Å². The van der Waals surface area contributed by atoms with Crippen molar-refractivity contribution >= 4 is 34.1 Å². The van der Waals surface area contributed by atoms with Gasteiger partial charge in [0.05, 0.1) is 5.56 Å². The summed E-state index contributed by atoms with van der Waals surface area (Å²) >= 11 is 1.15. The molecule has 0 aliphatic carbocycles. The van der Waals surface area contributed by atoms with Crippen molar-refractivity contribution in [2.24, 2.45) is 5.73 Å². The number of esters is 1. The number of hydrogen-bond acceptors (Lipinski definition) is 6. The summed E-state index contributed by atoms with van der Waals surface area (Å²) in [4.78, 5) is 35.6. The Kier molecular flexibility index (Phi) is 6.35. The van der Waals surface area contributed by atoms with Crippen molar-refractivity contribution in [1.82, 2.24) is 0 Å². The summed E-state index contributed by atoms with van der Waals surface area (Å²) in [5.74, 6) is -1.34. The molecule has 1 heterocycles. The standard InChI is InChI=1S/C18H20N2O5S/c1-10-5-4-6-13(9-10)24-12(3)18(23)25-11(2)16(22)20-17-14(15(19)21)7-8-26-17/h4-9,11-12H,1-3H3,(H2,19,21)(H,20,22)/t11-,12+/m1/s1. The van der Waals surface area contributed by atoms with E-state index in [4.69, 9.17) is 15.2 Å². The van der Waals surface area contributed by atoms with Crippen LogP contribution < -0.4 is 15.8 Å². The van der Waals surface area contributed by atoms with Crippen molar-refractivity contribution in [1.29, 1.82) is 0 Å². The smallest absolute Gasteiger partial charge is 0.347 e. The summed E-state index contributed by atoms with van der Waals surface area (Å²) in [6.45, 7) is 4.89.